The molecule has 35 heavy (non-hydrogen) atoms. The number of ether oxygens (including phenoxy) is 2. The van der Waals surface area contributed by atoms with Crippen LogP contribution in [0, 0.1) is 29.1 Å². The number of hydrogen-bond acceptors (Lipinski definition) is 4. The Morgan fingerprint density at radius 1 is 0.886 bits per heavy atom. The molecule has 1 saturated heterocycles. The van der Waals surface area contributed by atoms with E-state index in [2.05, 4.69) is 26.0 Å². The van der Waals surface area contributed by atoms with Gasteiger partial charge >= 0.3 is 0 Å². The van der Waals surface area contributed by atoms with E-state index in [1.165, 1.54) is 70.6 Å². The first-order chi connectivity index (χ1) is 17.1. The van der Waals surface area contributed by atoms with Gasteiger partial charge in [-0.2, -0.15) is 0 Å². The monoisotopic (exact) mass is 490 g/mol. The maximum atomic E-state index is 11.3. The Kier molecular flexibility index (Phi) is 10.2. The molecule has 4 fully saturated rings. The Labute approximate surface area is 215 Å². The van der Waals surface area contributed by atoms with Crippen LogP contribution in [-0.2, 0) is 9.47 Å². The van der Waals surface area contributed by atoms with Crippen LogP contribution in [0.4, 0.5) is 0 Å². The Hall–Kier alpha value is -0.420. The third kappa shape index (κ3) is 5.56. The highest BCUT2D eigenvalue weighted by molar-refractivity contribution is 5.22. The molecule has 1 aliphatic heterocycles. The molecule has 4 nitrogen and oxygen atoms in total. The zero-order valence-corrected chi connectivity index (χ0v) is 22.8. The van der Waals surface area contributed by atoms with Crippen molar-refractivity contribution in [3.63, 3.8) is 0 Å². The molecule has 2 N–H and O–H groups in total. The SMILES string of the molecule is CCCCCCC1[C@@H]2[C@@H](/C=C/[C@@H](O)C3CCCCC3)[C@H](O)CC[C@]2(CCCCCC)C12OCCO2. The molecule has 1 unspecified atom stereocenters. The van der Waals surface area contributed by atoms with Gasteiger partial charge in [0.05, 0.1) is 25.4 Å². The van der Waals surface area contributed by atoms with E-state index in [9.17, 15) is 10.2 Å². The third-order valence-corrected chi connectivity index (χ3v) is 10.2. The lowest BCUT2D eigenvalue weighted by molar-refractivity contribution is -0.394. The van der Waals surface area contributed by atoms with Gasteiger partial charge in [-0.1, -0.05) is 96.6 Å². The lowest BCUT2D eigenvalue weighted by atomic mass is 9.39. The van der Waals surface area contributed by atoms with Gasteiger partial charge in [0.1, 0.15) is 0 Å². The van der Waals surface area contributed by atoms with E-state index in [1.807, 2.05) is 0 Å². The molecular formula is C31H54O4. The minimum absolute atomic E-state index is 0.0106. The van der Waals surface area contributed by atoms with Crippen molar-refractivity contribution in [2.24, 2.45) is 29.1 Å². The second kappa shape index (κ2) is 12.9. The molecule has 0 aromatic heterocycles. The van der Waals surface area contributed by atoms with Crippen LogP contribution in [0.3, 0.4) is 0 Å². The van der Waals surface area contributed by atoms with E-state index in [0.717, 1.165) is 38.5 Å². The van der Waals surface area contributed by atoms with Gasteiger partial charge in [0.2, 0.25) is 0 Å². The molecule has 0 radical (unpaired) electrons. The molecule has 4 aliphatic rings. The Balaban J connectivity index is 1.56. The minimum atomic E-state index is -0.440. The van der Waals surface area contributed by atoms with Gasteiger partial charge in [0.15, 0.2) is 5.79 Å². The number of fused-ring (bicyclic) bond motifs is 2. The van der Waals surface area contributed by atoms with Gasteiger partial charge in [-0.05, 0) is 50.4 Å². The fourth-order valence-corrected chi connectivity index (χ4v) is 8.49. The van der Waals surface area contributed by atoms with Gasteiger partial charge in [0, 0.05) is 17.3 Å². The fourth-order valence-electron chi connectivity index (χ4n) is 8.49. The molecular weight excluding hydrogens is 436 g/mol. The van der Waals surface area contributed by atoms with Crippen molar-refractivity contribution in [2.75, 3.05) is 13.2 Å². The Morgan fingerprint density at radius 3 is 2.26 bits per heavy atom. The summed E-state index contributed by atoms with van der Waals surface area (Å²) >= 11 is 0. The molecule has 3 saturated carbocycles. The van der Waals surface area contributed by atoms with E-state index < -0.39 is 5.79 Å². The summed E-state index contributed by atoms with van der Waals surface area (Å²) in [6.07, 6.45) is 23.8. The maximum Gasteiger partial charge on any atom is 0.177 e. The molecule has 6 atom stereocenters. The fraction of sp³-hybridized carbons (Fsp3) is 0.935. The van der Waals surface area contributed by atoms with E-state index in [0.29, 0.717) is 31.0 Å². The lowest BCUT2D eigenvalue weighted by Crippen LogP contribution is -2.75. The number of unbranched alkanes of at least 4 members (excludes halogenated alkanes) is 6. The van der Waals surface area contributed by atoms with Crippen LogP contribution in [0.25, 0.3) is 0 Å². The molecule has 1 heterocycles. The second-order valence-electron chi connectivity index (χ2n) is 12.3. The number of aliphatic hydroxyl groups excluding tert-OH is 2. The minimum Gasteiger partial charge on any atom is -0.393 e. The maximum absolute atomic E-state index is 11.3. The normalized spacial score (nSPS) is 35.9. The first-order valence-corrected chi connectivity index (χ1v) is 15.4. The Morgan fingerprint density at radius 2 is 1.57 bits per heavy atom. The summed E-state index contributed by atoms with van der Waals surface area (Å²) < 4.78 is 13.2. The molecule has 4 rings (SSSR count). The molecule has 0 bridgehead atoms. The van der Waals surface area contributed by atoms with Gasteiger partial charge < -0.3 is 19.7 Å². The average Bonchev–Trinajstić information content (AvgIpc) is 3.40. The average molecular weight is 491 g/mol. The van der Waals surface area contributed by atoms with Crippen molar-refractivity contribution in [1.29, 1.82) is 0 Å². The van der Waals surface area contributed by atoms with Crippen LogP contribution in [0.15, 0.2) is 12.2 Å². The number of rotatable bonds is 13. The van der Waals surface area contributed by atoms with Gasteiger partial charge in [-0.25, -0.2) is 0 Å². The van der Waals surface area contributed by atoms with Gasteiger partial charge in [0.25, 0.3) is 0 Å². The van der Waals surface area contributed by atoms with E-state index in [1.54, 1.807) is 0 Å². The molecule has 4 heteroatoms. The number of aliphatic hydroxyl groups is 2. The smallest absolute Gasteiger partial charge is 0.177 e. The summed E-state index contributed by atoms with van der Waals surface area (Å²) in [4.78, 5) is 0. The van der Waals surface area contributed by atoms with Crippen LogP contribution in [0.2, 0.25) is 0 Å². The van der Waals surface area contributed by atoms with Crippen molar-refractivity contribution in [3.8, 4) is 0 Å². The van der Waals surface area contributed by atoms with Crippen LogP contribution in [-0.4, -0.2) is 41.4 Å². The Bertz CT molecular complexity index is 650. The van der Waals surface area contributed by atoms with Gasteiger partial charge in [-0.3, -0.25) is 0 Å². The quantitative estimate of drug-likeness (QED) is 0.212. The first kappa shape index (κ1) is 27.6. The van der Waals surface area contributed by atoms with Crippen molar-refractivity contribution in [3.05, 3.63) is 12.2 Å². The molecule has 1 spiro atoms. The molecule has 3 aliphatic carbocycles. The summed E-state index contributed by atoms with van der Waals surface area (Å²) in [6.45, 7) is 5.96. The van der Waals surface area contributed by atoms with Crippen molar-refractivity contribution in [1.82, 2.24) is 0 Å². The predicted molar refractivity (Wildman–Crippen MR) is 142 cm³/mol. The van der Waals surface area contributed by atoms with E-state index in [4.69, 9.17) is 9.47 Å². The predicted octanol–water partition coefficient (Wildman–Crippen LogP) is 7.17. The second-order valence-corrected chi connectivity index (χ2v) is 12.3. The van der Waals surface area contributed by atoms with E-state index in [-0.39, 0.29) is 23.5 Å². The summed E-state index contributed by atoms with van der Waals surface area (Å²) in [7, 11) is 0. The zero-order valence-electron chi connectivity index (χ0n) is 22.8. The van der Waals surface area contributed by atoms with Crippen LogP contribution < -0.4 is 0 Å². The highest BCUT2D eigenvalue weighted by atomic mass is 16.7. The third-order valence-electron chi connectivity index (χ3n) is 10.2. The largest absolute Gasteiger partial charge is 0.393 e. The lowest BCUT2D eigenvalue weighted by Gasteiger charge is -2.71. The van der Waals surface area contributed by atoms with Crippen molar-refractivity contribution in [2.45, 2.75) is 141 Å². The topological polar surface area (TPSA) is 58.9 Å². The first-order valence-electron chi connectivity index (χ1n) is 15.4. The highest BCUT2D eigenvalue weighted by Crippen LogP contribution is 2.72. The summed E-state index contributed by atoms with van der Waals surface area (Å²) in [5.74, 6) is 0.790. The van der Waals surface area contributed by atoms with Gasteiger partial charge in [-0.15, -0.1) is 0 Å². The van der Waals surface area contributed by atoms with E-state index >= 15 is 0 Å². The van der Waals surface area contributed by atoms with Crippen LogP contribution in [0.1, 0.15) is 123 Å². The van der Waals surface area contributed by atoms with Crippen molar-refractivity contribution < 1.29 is 19.7 Å². The summed E-state index contributed by atoms with van der Waals surface area (Å²) in [5, 5.41) is 22.3. The molecule has 0 aromatic carbocycles. The standard InChI is InChI=1S/C31H54O4/c1-3-5-7-12-16-26-29-25(17-18-27(32)24-14-10-9-11-15-24)28(33)19-21-30(29,20-13-8-6-4-2)31(26)34-22-23-35-31/h17-18,24-29,32-33H,3-16,19-23H2,1-2H3/b18-17+/t25-,26?,27+,28+,29-,30-/m0/s1. The highest BCUT2D eigenvalue weighted by Gasteiger charge is 2.76. The molecule has 0 aromatic rings. The summed E-state index contributed by atoms with van der Waals surface area (Å²) in [6, 6.07) is 0. The van der Waals surface area contributed by atoms with Crippen LogP contribution >= 0.6 is 0 Å². The van der Waals surface area contributed by atoms with Crippen LogP contribution in [0.5, 0.6) is 0 Å². The number of hydrogen-bond donors (Lipinski definition) is 2. The summed E-state index contributed by atoms with van der Waals surface area (Å²) in [5.41, 5.74) is 0.0106. The zero-order chi connectivity index (χ0) is 24.7. The molecule has 0 amide bonds. The van der Waals surface area contributed by atoms with Crippen molar-refractivity contribution >= 4 is 0 Å². The molecule has 202 valence electrons.